The number of hydrogen-bond acceptors (Lipinski definition) is 9. The fourth-order valence-corrected chi connectivity index (χ4v) is 3.56. The van der Waals surface area contributed by atoms with Gasteiger partial charge in [0.1, 0.15) is 0 Å². The fourth-order valence-electron chi connectivity index (χ4n) is 2.97. The van der Waals surface area contributed by atoms with Gasteiger partial charge in [0.15, 0.2) is 23.6 Å². The van der Waals surface area contributed by atoms with Crippen LogP contribution in [0.3, 0.4) is 0 Å². The van der Waals surface area contributed by atoms with Crippen molar-refractivity contribution >= 4 is 34.3 Å². The summed E-state index contributed by atoms with van der Waals surface area (Å²) in [5.41, 5.74) is 8.29. The van der Waals surface area contributed by atoms with Crippen LogP contribution in [0.5, 0.6) is 0 Å². The Kier molecular flexibility index (Phi) is 4.86. The van der Waals surface area contributed by atoms with Gasteiger partial charge >= 0.3 is 0 Å². The van der Waals surface area contributed by atoms with E-state index in [0.29, 0.717) is 39.5 Å². The predicted molar refractivity (Wildman–Crippen MR) is 105 cm³/mol. The van der Waals surface area contributed by atoms with E-state index in [4.69, 9.17) is 12.3 Å². The first-order chi connectivity index (χ1) is 13.6. The standard InChI is InChI=1S/C16H19N11S/c1-9-11(13(17)26(24-9)15-19-5-4-6-20-15)22-23-14-12(18-3)10(2)25-27(14)16-21-7-8-28-16/h7-8,15,19-20H,4-6,17H2,1-2H3. The molecule has 28 heavy (non-hydrogen) atoms. The smallest absolute Gasteiger partial charge is 0.255 e. The van der Waals surface area contributed by atoms with E-state index in [1.807, 2.05) is 12.3 Å². The van der Waals surface area contributed by atoms with E-state index in [-0.39, 0.29) is 6.29 Å². The van der Waals surface area contributed by atoms with Crippen molar-refractivity contribution in [1.29, 1.82) is 0 Å². The Bertz CT molecular complexity index is 1050. The van der Waals surface area contributed by atoms with Crippen molar-refractivity contribution in [1.82, 2.24) is 35.2 Å². The van der Waals surface area contributed by atoms with Crippen LogP contribution in [-0.4, -0.2) is 37.6 Å². The first-order valence-corrected chi connectivity index (χ1v) is 9.58. The number of aromatic nitrogens is 5. The molecule has 0 aromatic carbocycles. The molecule has 0 spiro atoms. The highest BCUT2D eigenvalue weighted by Crippen LogP contribution is 2.37. The topological polar surface area (TPSA) is 128 Å². The summed E-state index contributed by atoms with van der Waals surface area (Å²) in [6.45, 7) is 12.8. The molecule has 0 amide bonds. The quantitative estimate of drug-likeness (QED) is 0.459. The molecule has 12 heteroatoms. The summed E-state index contributed by atoms with van der Waals surface area (Å²) in [5.74, 6) is 0.720. The van der Waals surface area contributed by atoms with Gasteiger partial charge in [0.2, 0.25) is 5.13 Å². The van der Waals surface area contributed by atoms with Crippen LogP contribution in [0.2, 0.25) is 0 Å². The van der Waals surface area contributed by atoms with E-state index in [1.54, 1.807) is 17.8 Å². The maximum absolute atomic E-state index is 7.46. The second kappa shape index (κ2) is 7.47. The summed E-state index contributed by atoms with van der Waals surface area (Å²) < 4.78 is 3.19. The lowest BCUT2D eigenvalue weighted by molar-refractivity contribution is 0.270. The molecule has 144 valence electrons. The monoisotopic (exact) mass is 397 g/mol. The normalized spacial score (nSPS) is 15.3. The number of rotatable bonds is 4. The van der Waals surface area contributed by atoms with Crippen LogP contribution in [0.4, 0.5) is 23.0 Å². The molecule has 0 bridgehead atoms. The van der Waals surface area contributed by atoms with Gasteiger partial charge in [0.05, 0.1) is 18.0 Å². The van der Waals surface area contributed by atoms with E-state index < -0.39 is 0 Å². The summed E-state index contributed by atoms with van der Waals surface area (Å²) >= 11 is 1.40. The number of nitrogens with one attached hydrogen (secondary N) is 2. The van der Waals surface area contributed by atoms with E-state index in [0.717, 1.165) is 19.5 Å². The summed E-state index contributed by atoms with van der Waals surface area (Å²) in [6, 6.07) is 0. The fraction of sp³-hybridized carbons (Fsp3) is 0.375. The summed E-state index contributed by atoms with van der Waals surface area (Å²) in [6.07, 6.45) is 2.53. The third kappa shape index (κ3) is 3.15. The van der Waals surface area contributed by atoms with Crippen LogP contribution in [0.15, 0.2) is 21.8 Å². The van der Waals surface area contributed by atoms with Crippen molar-refractivity contribution in [2.45, 2.75) is 26.6 Å². The molecule has 0 saturated carbocycles. The van der Waals surface area contributed by atoms with Crippen LogP contribution in [-0.2, 0) is 0 Å². The lowest BCUT2D eigenvalue weighted by Crippen LogP contribution is -2.45. The number of nitrogens with zero attached hydrogens (tertiary/aromatic N) is 8. The first kappa shape index (κ1) is 18.2. The second-order valence-electron chi connectivity index (χ2n) is 6.22. The van der Waals surface area contributed by atoms with E-state index >= 15 is 0 Å². The summed E-state index contributed by atoms with van der Waals surface area (Å²) in [4.78, 5) is 7.80. The van der Waals surface area contributed by atoms with Crippen LogP contribution >= 0.6 is 11.3 Å². The van der Waals surface area contributed by atoms with Gasteiger partial charge in [-0.25, -0.2) is 14.5 Å². The van der Waals surface area contributed by atoms with Gasteiger partial charge in [-0.1, -0.05) is 0 Å². The zero-order chi connectivity index (χ0) is 19.7. The molecule has 0 radical (unpaired) electrons. The molecule has 0 unspecified atom stereocenters. The highest BCUT2D eigenvalue weighted by molar-refractivity contribution is 7.12. The largest absolute Gasteiger partial charge is 0.382 e. The molecule has 1 fully saturated rings. The first-order valence-electron chi connectivity index (χ1n) is 8.70. The molecule has 11 nitrogen and oxygen atoms in total. The van der Waals surface area contributed by atoms with Crippen LogP contribution in [0.25, 0.3) is 9.98 Å². The Hall–Kier alpha value is -3.14. The van der Waals surface area contributed by atoms with Crippen LogP contribution < -0.4 is 16.4 Å². The van der Waals surface area contributed by atoms with Crippen molar-refractivity contribution in [2.24, 2.45) is 10.2 Å². The van der Waals surface area contributed by atoms with Gasteiger partial charge in [0.25, 0.3) is 5.69 Å². The molecular weight excluding hydrogens is 378 g/mol. The van der Waals surface area contributed by atoms with Crippen molar-refractivity contribution in [2.75, 3.05) is 18.8 Å². The Labute approximate surface area is 165 Å². The summed E-state index contributed by atoms with van der Waals surface area (Å²) in [7, 11) is 0. The molecule has 0 atom stereocenters. The molecule has 3 aromatic rings. The SMILES string of the molecule is [C-]#[N+]c1c(C)nn(-c2nccs2)c1N=Nc1c(C)nn(C2NCCCN2)c1N. The highest BCUT2D eigenvalue weighted by atomic mass is 32.1. The molecule has 1 saturated heterocycles. The lowest BCUT2D eigenvalue weighted by atomic mass is 10.3. The minimum Gasteiger partial charge on any atom is -0.382 e. The summed E-state index contributed by atoms with van der Waals surface area (Å²) in [5, 5.41) is 26.6. The zero-order valence-electron chi connectivity index (χ0n) is 15.4. The number of anilines is 1. The van der Waals surface area contributed by atoms with E-state index in [1.165, 1.54) is 16.0 Å². The number of nitrogens with two attached hydrogens (primary N) is 1. The maximum Gasteiger partial charge on any atom is 0.255 e. The average molecular weight is 397 g/mol. The molecular formula is C16H19N11S. The maximum atomic E-state index is 7.46. The van der Waals surface area contributed by atoms with E-state index in [9.17, 15) is 0 Å². The predicted octanol–water partition coefficient (Wildman–Crippen LogP) is 2.73. The van der Waals surface area contributed by atoms with Gasteiger partial charge in [-0.3, -0.25) is 10.6 Å². The molecule has 0 aliphatic carbocycles. The zero-order valence-corrected chi connectivity index (χ0v) is 16.2. The highest BCUT2D eigenvalue weighted by Gasteiger charge is 2.22. The van der Waals surface area contributed by atoms with Gasteiger partial charge in [-0.05, 0) is 33.4 Å². The van der Waals surface area contributed by atoms with Crippen molar-refractivity contribution in [3.63, 3.8) is 0 Å². The number of hydrogen-bond donors (Lipinski definition) is 3. The minimum absolute atomic E-state index is 0.182. The number of thiazole rings is 1. The van der Waals surface area contributed by atoms with Crippen molar-refractivity contribution in [3.05, 3.63) is 34.4 Å². The molecule has 3 aromatic heterocycles. The lowest BCUT2D eigenvalue weighted by Gasteiger charge is -2.25. The second-order valence-corrected chi connectivity index (χ2v) is 7.10. The third-order valence-corrected chi connectivity index (χ3v) is 5.07. The molecule has 1 aliphatic heterocycles. The molecule has 1 aliphatic rings. The van der Waals surface area contributed by atoms with Crippen LogP contribution in [0, 0.1) is 20.4 Å². The van der Waals surface area contributed by atoms with Gasteiger partial charge in [-0.2, -0.15) is 14.9 Å². The van der Waals surface area contributed by atoms with Crippen molar-refractivity contribution in [3.8, 4) is 5.13 Å². The Morgan fingerprint density at radius 3 is 2.71 bits per heavy atom. The molecule has 4 rings (SSSR count). The Morgan fingerprint density at radius 2 is 2.04 bits per heavy atom. The minimum atomic E-state index is -0.182. The third-order valence-electron chi connectivity index (χ3n) is 4.33. The van der Waals surface area contributed by atoms with Gasteiger partial charge in [-0.15, -0.1) is 21.6 Å². The van der Waals surface area contributed by atoms with Gasteiger partial charge < -0.3 is 5.73 Å². The number of aryl methyl sites for hydroxylation is 2. The van der Waals surface area contributed by atoms with Crippen LogP contribution in [0.1, 0.15) is 24.1 Å². The molecule has 4 N–H and O–H groups in total. The van der Waals surface area contributed by atoms with Crippen molar-refractivity contribution < 1.29 is 0 Å². The number of azo groups is 1. The number of nitrogen functional groups attached to an aromatic ring is 1. The average Bonchev–Trinajstić information content (AvgIpc) is 3.40. The Morgan fingerprint density at radius 1 is 1.25 bits per heavy atom. The molecule has 4 heterocycles. The van der Waals surface area contributed by atoms with Gasteiger partial charge in [0, 0.05) is 11.6 Å². The Balaban J connectivity index is 1.73. The van der Waals surface area contributed by atoms with E-state index in [2.05, 4.69) is 40.9 Å².